The molecule has 23 heavy (non-hydrogen) atoms. The summed E-state index contributed by atoms with van der Waals surface area (Å²) in [5.41, 5.74) is 1.34. The lowest BCUT2D eigenvalue weighted by Crippen LogP contribution is -2.47. The molecule has 1 atom stereocenters. The molecule has 0 bridgehead atoms. The first-order valence-electron chi connectivity index (χ1n) is 8.86. The highest BCUT2D eigenvalue weighted by molar-refractivity contribution is 6.74. The van der Waals surface area contributed by atoms with E-state index in [0.29, 0.717) is 12.0 Å². The summed E-state index contributed by atoms with van der Waals surface area (Å²) in [4.78, 5) is 0. The van der Waals surface area contributed by atoms with Crippen LogP contribution in [-0.4, -0.2) is 21.0 Å². The van der Waals surface area contributed by atoms with Gasteiger partial charge in [0.05, 0.1) is 0 Å². The van der Waals surface area contributed by atoms with Gasteiger partial charge in [-0.15, -0.1) is 0 Å². The fourth-order valence-corrected chi connectivity index (χ4v) is 3.72. The van der Waals surface area contributed by atoms with E-state index in [1.54, 1.807) is 0 Å². The van der Waals surface area contributed by atoms with Crippen LogP contribution in [0.3, 0.4) is 0 Å². The van der Waals surface area contributed by atoms with E-state index < -0.39 is 8.32 Å². The quantitative estimate of drug-likeness (QED) is 0.552. The maximum atomic E-state index is 6.51. The van der Waals surface area contributed by atoms with Crippen molar-refractivity contribution >= 4 is 8.32 Å². The molecule has 0 radical (unpaired) electrons. The summed E-state index contributed by atoms with van der Waals surface area (Å²) in [6.07, 6.45) is 6.98. The van der Waals surface area contributed by atoms with Crippen molar-refractivity contribution in [3.8, 4) is 0 Å². The minimum absolute atomic E-state index is 0.269. The number of allylic oxidation sites excluding steroid dienone is 2. The van der Waals surface area contributed by atoms with E-state index >= 15 is 0 Å². The molecule has 128 valence electrons. The molecule has 1 N–H and O–H groups in total. The van der Waals surface area contributed by atoms with Crippen LogP contribution < -0.4 is 5.32 Å². The van der Waals surface area contributed by atoms with Gasteiger partial charge in [0, 0.05) is 19.2 Å². The molecule has 3 heteroatoms. The molecule has 0 amide bonds. The van der Waals surface area contributed by atoms with E-state index in [0.717, 1.165) is 13.2 Å². The summed E-state index contributed by atoms with van der Waals surface area (Å²) >= 11 is 0. The minimum Gasteiger partial charge on any atom is -0.415 e. The molecule has 0 heterocycles. The predicted molar refractivity (Wildman–Crippen MR) is 102 cm³/mol. The molecular weight excluding hydrogens is 298 g/mol. The molecule has 1 aromatic carbocycles. The predicted octanol–water partition coefficient (Wildman–Crippen LogP) is 5.13. The average molecular weight is 332 g/mol. The Hall–Kier alpha value is -0.903. The summed E-state index contributed by atoms with van der Waals surface area (Å²) in [7, 11) is -1.69. The Bertz CT molecular complexity index is 496. The van der Waals surface area contributed by atoms with Crippen molar-refractivity contribution < 1.29 is 4.43 Å². The Morgan fingerprint density at radius 3 is 2.30 bits per heavy atom. The molecule has 1 unspecified atom stereocenters. The zero-order valence-corrected chi connectivity index (χ0v) is 16.4. The largest absolute Gasteiger partial charge is 0.415 e. The highest BCUT2D eigenvalue weighted by atomic mass is 28.4. The van der Waals surface area contributed by atoms with Crippen LogP contribution in [0.4, 0.5) is 0 Å². The van der Waals surface area contributed by atoms with E-state index in [1.807, 2.05) is 0 Å². The number of rotatable bonds is 7. The SMILES string of the molecule is CC(C)(C)[Si](C)(C)OCC(NCc1ccccc1)C1CC=CC1. The van der Waals surface area contributed by atoms with Gasteiger partial charge in [-0.3, -0.25) is 0 Å². The lowest BCUT2D eigenvalue weighted by Gasteiger charge is -2.38. The van der Waals surface area contributed by atoms with Gasteiger partial charge >= 0.3 is 0 Å². The molecule has 1 aliphatic carbocycles. The molecule has 0 fully saturated rings. The van der Waals surface area contributed by atoms with Gasteiger partial charge in [-0.05, 0) is 42.5 Å². The molecule has 0 aromatic heterocycles. The number of nitrogens with one attached hydrogen (secondary N) is 1. The fourth-order valence-electron chi connectivity index (χ4n) is 2.69. The second-order valence-corrected chi connectivity index (χ2v) is 13.1. The third-order valence-corrected chi connectivity index (χ3v) is 9.96. The van der Waals surface area contributed by atoms with Gasteiger partial charge in [0.1, 0.15) is 0 Å². The molecule has 2 nitrogen and oxygen atoms in total. The molecule has 2 rings (SSSR count). The highest BCUT2D eigenvalue weighted by Gasteiger charge is 2.38. The van der Waals surface area contributed by atoms with Crippen LogP contribution in [0.15, 0.2) is 42.5 Å². The zero-order chi connectivity index (χ0) is 16.9. The first kappa shape index (κ1) is 18.4. The Morgan fingerprint density at radius 2 is 1.74 bits per heavy atom. The maximum absolute atomic E-state index is 6.51. The molecular formula is C20H33NOSi. The van der Waals surface area contributed by atoms with E-state index in [1.165, 1.54) is 18.4 Å². The van der Waals surface area contributed by atoms with Crippen LogP contribution in [-0.2, 0) is 11.0 Å². The van der Waals surface area contributed by atoms with Crippen LogP contribution >= 0.6 is 0 Å². The van der Waals surface area contributed by atoms with Crippen molar-refractivity contribution in [2.75, 3.05) is 6.61 Å². The van der Waals surface area contributed by atoms with E-state index in [2.05, 4.69) is 81.7 Å². The lowest BCUT2D eigenvalue weighted by molar-refractivity contribution is 0.203. The van der Waals surface area contributed by atoms with Gasteiger partial charge in [-0.2, -0.15) is 0 Å². The molecule has 1 aliphatic rings. The summed E-state index contributed by atoms with van der Waals surface area (Å²) < 4.78 is 6.51. The monoisotopic (exact) mass is 331 g/mol. The Balaban J connectivity index is 1.95. The zero-order valence-electron chi connectivity index (χ0n) is 15.4. The third kappa shape index (κ3) is 5.30. The summed E-state index contributed by atoms with van der Waals surface area (Å²) in [5.74, 6) is 0.670. The summed E-state index contributed by atoms with van der Waals surface area (Å²) in [5, 5.41) is 4.03. The second-order valence-electron chi connectivity index (χ2n) is 8.25. The van der Waals surface area contributed by atoms with Gasteiger partial charge < -0.3 is 9.74 Å². The van der Waals surface area contributed by atoms with Gasteiger partial charge in [-0.1, -0.05) is 63.3 Å². The fraction of sp³-hybridized carbons (Fsp3) is 0.600. The molecule has 0 spiro atoms. The van der Waals surface area contributed by atoms with Crippen LogP contribution in [0.1, 0.15) is 39.2 Å². The van der Waals surface area contributed by atoms with E-state index in [-0.39, 0.29) is 5.04 Å². The van der Waals surface area contributed by atoms with E-state index in [4.69, 9.17) is 4.43 Å². The van der Waals surface area contributed by atoms with E-state index in [9.17, 15) is 0 Å². The average Bonchev–Trinajstić information content (AvgIpc) is 3.01. The van der Waals surface area contributed by atoms with Gasteiger partial charge in [-0.25, -0.2) is 0 Å². The normalized spacial score (nSPS) is 17.6. The first-order valence-corrected chi connectivity index (χ1v) is 11.8. The van der Waals surface area contributed by atoms with Crippen LogP contribution in [0.2, 0.25) is 18.1 Å². The van der Waals surface area contributed by atoms with Gasteiger partial charge in [0.15, 0.2) is 8.32 Å². The smallest absolute Gasteiger partial charge is 0.192 e. The molecule has 0 saturated heterocycles. The van der Waals surface area contributed by atoms with Crippen molar-refractivity contribution in [2.24, 2.45) is 5.92 Å². The molecule has 0 aliphatic heterocycles. The topological polar surface area (TPSA) is 21.3 Å². The van der Waals surface area contributed by atoms with Crippen LogP contribution in [0.5, 0.6) is 0 Å². The third-order valence-electron chi connectivity index (χ3n) is 5.45. The number of hydrogen-bond acceptors (Lipinski definition) is 2. The van der Waals surface area contributed by atoms with Crippen LogP contribution in [0.25, 0.3) is 0 Å². The summed E-state index contributed by atoms with van der Waals surface area (Å²) in [6, 6.07) is 11.1. The standard InChI is InChI=1S/C20H33NOSi/c1-20(2,3)23(4,5)22-16-19(18-13-9-10-14-18)21-15-17-11-7-6-8-12-17/h6-12,18-19,21H,13-16H2,1-5H3. The Labute approximate surface area is 143 Å². The molecule has 1 aromatic rings. The van der Waals surface area contributed by atoms with Crippen molar-refractivity contribution in [1.82, 2.24) is 5.32 Å². The van der Waals surface area contributed by atoms with Crippen molar-refractivity contribution in [1.29, 1.82) is 0 Å². The Morgan fingerprint density at radius 1 is 1.13 bits per heavy atom. The Kier molecular flexibility index (Phi) is 6.23. The van der Waals surface area contributed by atoms with Crippen molar-refractivity contribution in [3.63, 3.8) is 0 Å². The summed E-state index contributed by atoms with van der Waals surface area (Å²) in [6.45, 7) is 13.4. The highest BCUT2D eigenvalue weighted by Crippen LogP contribution is 2.37. The van der Waals surface area contributed by atoms with Crippen LogP contribution in [0, 0.1) is 5.92 Å². The second kappa shape index (κ2) is 7.78. The molecule has 0 saturated carbocycles. The number of benzene rings is 1. The van der Waals surface area contributed by atoms with Gasteiger partial charge in [0.2, 0.25) is 0 Å². The minimum atomic E-state index is -1.69. The lowest BCUT2D eigenvalue weighted by atomic mass is 9.98. The maximum Gasteiger partial charge on any atom is 0.192 e. The first-order chi connectivity index (χ1) is 10.8. The van der Waals surface area contributed by atoms with Crippen molar-refractivity contribution in [2.45, 2.75) is 64.3 Å². The van der Waals surface area contributed by atoms with Crippen molar-refractivity contribution in [3.05, 3.63) is 48.0 Å². The number of hydrogen-bond donors (Lipinski definition) is 1. The van der Waals surface area contributed by atoms with Gasteiger partial charge in [0.25, 0.3) is 0 Å².